The van der Waals surface area contributed by atoms with Gasteiger partial charge in [0.25, 0.3) is 5.56 Å². The van der Waals surface area contributed by atoms with E-state index in [1.807, 2.05) is 71.4 Å². The Morgan fingerprint density at radius 2 is 0.885 bits per heavy atom. The number of benzene rings is 3. The van der Waals surface area contributed by atoms with E-state index in [1.165, 1.54) is 0 Å². The summed E-state index contributed by atoms with van der Waals surface area (Å²) < 4.78 is 1.83. The summed E-state index contributed by atoms with van der Waals surface area (Å²) in [7, 11) is 0. The van der Waals surface area contributed by atoms with Crippen LogP contribution in [0.5, 0.6) is 0 Å². The van der Waals surface area contributed by atoms with Gasteiger partial charge in [-0.25, -0.2) is 0 Å². The Bertz CT molecular complexity index is 941. The smallest absolute Gasteiger partial charge is 0.251 e. The fraction of sp³-hybridized carbons (Fsp3) is 0.0417. The minimum absolute atomic E-state index is 0.0379. The van der Waals surface area contributed by atoms with E-state index >= 15 is 0 Å². The Morgan fingerprint density at radius 1 is 0.500 bits per heavy atom. The standard InChI is InChI=1S/C24H19NO/c26-23-18-10-11-19-25(23)24(20-12-4-1-5-13-20,21-14-6-2-7-15-21)22-16-8-3-9-17-22/h1-19H. The van der Waals surface area contributed by atoms with Crippen LogP contribution < -0.4 is 5.56 Å². The van der Waals surface area contributed by atoms with Gasteiger partial charge in [0, 0.05) is 12.3 Å². The van der Waals surface area contributed by atoms with Gasteiger partial charge in [-0.2, -0.15) is 0 Å². The Balaban J connectivity index is 2.19. The molecule has 0 bridgehead atoms. The Hall–Kier alpha value is -3.39. The SMILES string of the molecule is O=c1ccccn1C(c1ccccc1)(c1ccccc1)c1ccccc1. The van der Waals surface area contributed by atoms with E-state index < -0.39 is 5.54 Å². The Labute approximate surface area is 153 Å². The molecule has 0 spiro atoms. The third-order valence-electron chi connectivity index (χ3n) is 4.76. The second kappa shape index (κ2) is 6.85. The maximum absolute atomic E-state index is 12.9. The first-order valence-electron chi connectivity index (χ1n) is 8.68. The van der Waals surface area contributed by atoms with E-state index in [2.05, 4.69) is 36.4 Å². The second-order valence-corrected chi connectivity index (χ2v) is 6.22. The Kier molecular flexibility index (Phi) is 4.24. The third-order valence-corrected chi connectivity index (χ3v) is 4.76. The van der Waals surface area contributed by atoms with Gasteiger partial charge in [0.1, 0.15) is 5.54 Å². The van der Waals surface area contributed by atoms with Crippen LogP contribution in [0.25, 0.3) is 0 Å². The van der Waals surface area contributed by atoms with E-state index in [1.54, 1.807) is 12.1 Å². The zero-order valence-electron chi connectivity index (χ0n) is 14.3. The van der Waals surface area contributed by atoms with Gasteiger partial charge in [-0.1, -0.05) is 97.1 Å². The molecule has 0 saturated carbocycles. The molecule has 0 aliphatic rings. The minimum atomic E-state index is -0.734. The summed E-state index contributed by atoms with van der Waals surface area (Å²) in [6.45, 7) is 0. The molecule has 0 saturated heterocycles. The zero-order valence-corrected chi connectivity index (χ0v) is 14.3. The van der Waals surface area contributed by atoms with Gasteiger partial charge in [-0.15, -0.1) is 0 Å². The molecule has 3 aromatic carbocycles. The number of pyridine rings is 1. The van der Waals surface area contributed by atoms with E-state index in [9.17, 15) is 4.79 Å². The molecule has 0 atom stereocenters. The van der Waals surface area contributed by atoms with E-state index in [0.29, 0.717) is 0 Å². The van der Waals surface area contributed by atoms with Crippen molar-refractivity contribution in [1.29, 1.82) is 0 Å². The molecule has 0 unspecified atom stereocenters. The minimum Gasteiger partial charge on any atom is -0.297 e. The first-order chi connectivity index (χ1) is 12.8. The summed E-state index contributed by atoms with van der Waals surface area (Å²) in [4.78, 5) is 12.9. The highest BCUT2D eigenvalue weighted by atomic mass is 16.1. The van der Waals surface area contributed by atoms with Gasteiger partial charge in [0.05, 0.1) is 0 Å². The number of aromatic nitrogens is 1. The lowest BCUT2D eigenvalue weighted by atomic mass is 9.76. The molecule has 0 aliphatic carbocycles. The van der Waals surface area contributed by atoms with Gasteiger partial charge in [-0.05, 0) is 22.8 Å². The van der Waals surface area contributed by atoms with Crippen LogP contribution in [0.15, 0.2) is 120 Å². The molecule has 2 nitrogen and oxygen atoms in total. The third kappa shape index (κ3) is 2.56. The van der Waals surface area contributed by atoms with Crippen molar-refractivity contribution in [3.8, 4) is 0 Å². The molecular weight excluding hydrogens is 318 g/mol. The van der Waals surface area contributed by atoms with E-state index in [-0.39, 0.29) is 5.56 Å². The van der Waals surface area contributed by atoms with Crippen molar-refractivity contribution in [2.45, 2.75) is 5.54 Å². The van der Waals surface area contributed by atoms with E-state index in [4.69, 9.17) is 0 Å². The van der Waals surface area contributed by atoms with Gasteiger partial charge in [-0.3, -0.25) is 9.36 Å². The predicted octanol–water partition coefficient (Wildman–Crippen LogP) is 4.69. The van der Waals surface area contributed by atoms with Crippen molar-refractivity contribution in [3.63, 3.8) is 0 Å². The molecule has 0 aliphatic heterocycles. The van der Waals surface area contributed by atoms with Gasteiger partial charge >= 0.3 is 0 Å². The van der Waals surface area contributed by atoms with Crippen LogP contribution in [0.3, 0.4) is 0 Å². The highest BCUT2D eigenvalue weighted by Gasteiger charge is 2.38. The van der Waals surface area contributed by atoms with Crippen molar-refractivity contribution < 1.29 is 0 Å². The Morgan fingerprint density at radius 3 is 1.27 bits per heavy atom. The molecule has 26 heavy (non-hydrogen) atoms. The quantitative estimate of drug-likeness (QED) is 0.495. The maximum Gasteiger partial charge on any atom is 0.251 e. The van der Waals surface area contributed by atoms with Crippen LogP contribution in [0, 0.1) is 0 Å². The molecule has 0 radical (unpaired) electrons. The van der Waals surface area contributed by atoms with E-state index in [0.717, 1.165) is 16.7 Å². The first-order valence-corrected chi connectivity index (χ1v) is 8.68. The van der Waals surface area contributed by atoms with Crippen LogP contribution in [-0.2, 0) is 5.54 Å². The van der Waals surface area contributed by atoms with Crippen molar-refractivity contribution in [3.05, 3.63) is 142 Å². The summed E-state index contributed by atoms with van der Waals surface area (Å²) >= 11 is 0. The summed E-state index contributed by atoms with van der Waals surface area (Å²) in [5.41, 5.74) is 2.37. The van der Waals surface area contributed by atoms with Gasteiger partial charge in [0.2, 0.25) is 0 Å². The molecule has 1 heterocycles. The molecule has 0 fully saturated rings. The average Bonchev–Trinajstić information content (AvgIpc) is 2.72. The number of rotatable bonds is 4. The number of hydrogen-bond acceptors (Lipinski definition) is 1. The molecule has 0 amide bonds. The topological polar surface area (TPSA) is 22.0 Å². The summed E-state index contributed by atoms with van der Waals surface area (Å²) in [5, 5.41) is 0. The fourth-order valence-corrected chi connectivity index (χ4v) is 3.66. The second-order valence-electron chi connectivity index (χ2n) is 6.22. The lowest BCUT2D eigenvalue weighted by molar-refractivity contribution is 0.498. The molecule has 0 N–H and O–H groups in total. The number of hydrogen-bond donors (Lipinski definition) is 0. The molecule has 1 aromatic heterocycles. The molecule has 4 rings (SSSR count). The zero-order chi connectivity index (χ0) is 17.8. The highest BCUT2D eigenvalue weighted by Crippen LogP contribution is 2.39. The molecule has 126 valence electrons. The average molecular weight is 337 g/mol. The largest absolute Gasteiger partial charge is 0.297 e. The summed E-state index contributed by atoms with van der Waals surface area (Å²) in [5.74, 6) is 0. The summed E-state index contributed by atoms with van der Waals surface area (Å²) in [6.07, 6.45) is 1.87. The maximum atomic E-state index is 12.9. The first kappa shape index (κ1) is 16.1. The molecular formula is C24H19NO. The summed E-state index contributed by atoms with van der Waals surface area (Å²) in [6, 6.07) is 35.9. The molecule has 4 aromatic rings. The van der Waals surface area contributed by atoms with Crippen molar-refractivity contribution in [2.75, 3.05) is 0 Å². The van der Waals surface area contributed by atoms with Crippen LogP contribution in [0.1, 0.15) is 16.7 Å². The van der Waals surface area contributed by atoms with Crippen LogP contribution >= 0.6 is 0 Å². The van der Waals surface area contributed by atoms with Crippen LogP contribution in [-0.4, -0.2) is 4.57 Å². The van der Waals surface area contributed by atoms with Gasteiger partial charge in [0.15, 0.2) is 0 Å². The monoisotopic (exact) mass is 337 g/mol. The van der Waals surface area contributed by atoms with Crippen molar-refractivity contribution in [1.82, 2.24) is 4.57 Å². The number of nitrogens with zero attached hydrogens (tertiary/aromatic N) is 1. The van der Waals surface area contributed by atoms with Crippen molar-refractivity contribution >= 4 is 0 Å². The lowest BCUT2D eigenvalue weighted by Gasteiger charge is -2.37. The predicted molar refractivity (Wildman–Crippen MR) is 105 cm³/mol. The van der Waals surface area contributed by atoms with Gasteiger partial charge < -0.3 is 0 Å². The highest BCUT2D eigenvalue weighted by molar-refractivity contribution is 5.50. The van der Waals surface area contributed by atoms with Crippen LogP contribution in [0.4, 0.5) is 0 Å². The van der Waals surface area contributed by atoms with Crippen LogP contribution in [0.2, 0.25) is 0 Å². The normalized spacial score (nSPS) is 11.2. The lowest BCUT2D eigenvalue weighted by Crippen LogP contribution is -2.43. The molecule has 2 heteroatoms. The fourth-order valence-electron chi connectivity index (χ4n) is 3.66. The van der Waals surface area contributed by atoms with Crippen molar-refractivity contribution in [2.24, 2.45) is 0 Å².